The highest BCUT2D eigenvalue weighted by molar-refractivity contribution is 5.69. The quantitative estimate of drug-likeness (QED) is 0.864. The Morgan fingerprint density at radius 1 is 1.20 bits per heavy atom. The Morgan fingerprint density at radius 2 is 1.80 bits per heavy atom. The minimum Gasteiger partial charge on any atom is -0.481 e. The van der Waals surface area contributed by atoms with Crippen LogP contribution in [-0.4, -0.2) is 20.6 Å². The van der Waals surface area contributed by atoms with Gasteiger partial charge in [0.1, 0.15) is 0 Å². The Balaban J connectivity index is 2.70. The fourth-order valence-corrected chi connectivity index (χ4v) is 2.11. The van der Waals surface area contributed by atoms with Crippen LogP contribution in [-0.2, 0) is 11.2 Å². The molecule has 2 aromatic rings. The van der Waals surface area contributed by atoms with Gasteiger partial charge < -0.3 is 10.1 Å². The van der Waals surface area contributed by atoms with Crippen molar-refractivity contribution in [1.29, 1.82) is 0 Å². The predicted octanol–water partition coefficient (Wildman–Crippen LogP) is 0.770. The third-order valence-corrected chi connectivity index (χ3v) is 2.86. The lowest BCUT2D eigenvalue weighted by molar-refractivity contribution is -0.136. The average Bonchev–Trinajstić information content (AvgIpc) is 2.31. The summed E-state index contributed by atoms with van der Waals surface area (Å²) in [5, 5.41) is 8.77. The second-order valence-electron chi connectivity index (χ2n) is 4.68. The van der Waals surface area contributed by atoms with Gasteiger partial charge in [0.15, 0.2) is 0 Å². The van der Waals surface area contributed by atoms with Crippen LogP contribution >= 0.6 is 0 Å². The highest BCUT2D eigenvalue weighted by Crippen LogP contribution is 2.10. The highest BCUT2D eigenvalue weighted by Gasteiger charge is 2.12. The van der Waals surface area contributed by atoms with E-state index in [0.717, 1.165) is 21.9 Å². The molecule has 0 radical (unpaired) electrons. The number of aryl methyl sites for hydroxylation is 2. The Hall–Kier alpha value is -2.63. The van der Waals surface area contributed by atoms with Crippen molar-refractivity contribution >= 4 is 5.97 Å². The van der Waals surface area contributed by atoms with E-state index >= 15 is 0 Å². The number of carbonyl (C=O) groups is 1. The van der Waals surface area contributed by atoms with Crippen LogP contribution in [0.5, 0.6) is 0 Å². The number of aliphatic carboxylic acids is 1. The molecule has 0 bridgehead atoms. The van der Waals surface area contributed by atoms with E-state index in [1.54, 1.807) is 12.1 Å². The maximum atomic E-state index is 12.2. The van der Waals surface area contributed by atoms with Gasteiger partial charge in [0.05, 0.1) is 12.1 Å². The molecule has 0 saturated heterocycles. The third-order valence-electron chi connectivity index (χ3n) is 2.86. The number of hydrogen-bond acceptors (Lipinski definition) is 3. The molecule has 0 fully saturated rings. The predicted molar refractivity (Wildman–Crippen MR) is 73.5 cm³/mol. The zero-order valence-electron chi connectivity index (χ0n) is 11.1. The van der Waals surface area contributed by atoms with E-state index in [0.29, 0.717) is 5.69 Å². The SMILES string of the molecule is Cc1cc(C)cc(-n2c(=O)[nH]cc(CC(=O)O)c2=O)c1. The van der Waals surface area contributed by atoms with Crippen molar-refractivity contribution in [2.75, 3.05) is 0 Å². The van der Waals surface area contributed by atoms with Crippen molar-refractivity contribution in [3.8, 4) is 5.69 Å². The van der Waals surface area contributed by atoms with Crippen LogP contribution in [0.15, 0.2) is 34.0 Å². The van der Waals surface area contributed by atoms with Gasteiger partial charge in [-0.25, -0.2) is 9.36 Å². The molecular formula is C14H14N2O4. The molecule has 0 atom stereocenters. The second-order valence-corrected chi connectivity index (χ2v) is 4.68. The fraction of sp³-hybridized carbons (Fsp3) is 0.214. The van der Waals surface area contributed by atoms with Gasteiger partial charge in [-0.3, -0.25) is 9.59 Å². The molecule has 0 amide bonds. The van der Waals surface area contributed by atoms with Crippen LogP contribution in [0.2, 0.25) is 0 Å². The van der Waals surface area contributed by atoms with E-state index in [1.807, 2.05) is 19.9 Å². The molecule has 0 unspecified atom stereocenters. The smallest absolute Gasteiger partial charge is 0.332 e. The van der Waals surface area contributed by atoms with E-state index in [1.165, 1.54) is 0 Å². The van der Waals surface area contributed by atoms with Gasteiger partial charge in [0, 0.05) is 11.8 Å². The van der Waals surface area contributed by atoms with Crippen molar-refractivity contribution in [3.05, 3.63) is 61.9 Å². The Kier molecular flexibility index (Phi) is 3.56. The minimum atomic E-state index is -1.12. The van der Waals surface area contributed by atoms with Gasteiger partial charge in [-0.05, 0) is 37.1 Å². The van der Waals surface area contributed by atoms with Gasteiger partial charge in [0.25, 0.3) is 5.56 Å². The summed E-state index contributed by atoms with van der Waals surface area (Å²) in [4.78, 5) is 37.2. The number of rotatable bonds is 3. The summed E-state index contributed by atoms with van der Waals surface area (Å²) in [5.74, 6) is -1.12. The molecule has 2 N–H and O–H groups in total. The first-order valence-electron chi connectivity index (χ1n) is 6.02. The summed E-state index contributed by atoms with van der Waals surface area (Å²) in [6.07, 6.45) is 0.721. The third kappa shape index (κ3) is 2.69. The number of aromatic amines is 1. The summed E-state index contributed by atoms with van der Waals surface area (Å²) in [5.41, 5.74) is 1.09. The Labute approximate surface area is 114 Å². The molecule has 1 aromatic heterocycles. The van der Waals surface area contributed by atoms with Crippen molar-refractivity contribution < 1.29 is 9.90 Å². The van der Waals surface area contributed by atoms with Gasteiger partial charge >= 0.3 is 11.7 Å². The first kappa shape index (κ1) is 13.8. The van der Waals surface area contributed by atoms with Crippen LogP contribution in [0, 0.1) is 13.8 Å². The summed E-state index contributed by atoms with van der Waals surface area (Å²) in [6, 6.07) is 5.33. The number of nitrogens with one attached hydrogen (secondary N) is 1. The molecule has 20 heavy (non-hydrogen) atoms. The summed E-state index contributed by atoms with van der Waals surface area (Å²) in [6.45, 7) is 3.72. The van der Waals surface area contributed by atoms with Gasteiger partial charge in [-0.1, -0.05) is 6.07 Å². The molecule has 0 spiro atoms. The molecule has 0 aliphatic carbocycles. The number of carboxylic acids is 1. The monoisotopic (exact) mass is 274 g/mol. The maximum absolute atomic E-state index is 12.2. The van der Waals surface area contributed by atoms with E-state index in [2.05, 4.69) is 4.98 Å². The van der Waals surface area contributed by atoms with Crippen LogP contribution in [0.25, 0.3) is 5.69 Å². The molecule has 1 heterocycles. The zero-order chi connectivity index (χ0) is 14.9. The normalized spacial score (nSPS) is 10.5. The molecule has 6 nitrogen and oxygen atoms in total. The molecule has 1 aromatic carbocycles. The first-order valence-corrected chi connectivity index (χ1v) is 6.02. The van der Waals surface area contributed by atoms with Crippen LogP contribution < -0.4 is 11.2 Å². The molecule has 104 valence electrons. The van der Waals surface area contributed by atoms with Crippen molar-refractivity contribution in [2.24, 2.45) is 0 Å². The van der Waals surface area contributed by atoms with E-state index in [9.17, 15) is 14.4 Å². The largest absolute Gasteiger partial charge is 0.481 e. The second kappa shape index (κ2) is 5.16. The van der Waals surface area contributed by atoms with E-state index in [4.69, 9.17) is 5.11 Å². The molecule has 0 saturated carbocycles. The van der Waals surface area contributed by atoms with Crippen molar-refractivity contribution in [1.82, 2.24) is 9.55 Å². The molecule has 0 aliphatic heterocycles. The number of benzene rings is 1. The number of hydrogen-bond donors (Lipinski definition) is 2. The summed E-state index contributed by atoms with van der Waals surface area (Å²) >= 11 is 0. The van der Waals surface area contributed by atoms with Crippen LogP contribution in [0.3, 0.4) is 0 Å². The average molecular weight is 274 g/mol. The molecule has 2 rings (SSSR count). The number of nitrogens with zero attached hydrogens (tertiary/aromatic N) is 1. The number of H-pyrrole nitrogens is 1. The number of carboxylic acid groups (broad SMARTS) is 1. The fourth-order valence-electron chi connectivity index (χ4n) is 2.11. The zero-order valence-corrected chi connectivity index (χ0v) is 11.1. The minimum absolute atomic E-state index is 0.0382. The molecule has 6 heteroatoms. The topological polar surface area (TPSA) is 92.2 Å². The summed E-state index contributed by atoms with van der Waals surface area (Å²) in [7, 11) is 0. The Bertz CT molecular complexity index is 766. The lowest BCUT2D eigenvalue weighted by Gasteiger charge is -2.08. The van der Waals surface area contributed by atoms with Crippen LogP contribution in [0.4, 0.5) is 0 Å². The van der Waals surface area contributed by atoms with E-state index in [-0.39, 0.29) is 5.56 Å². The first-order chi connectivity index (χ1) is 9.38. The van der Waals surface area contributed by atoms with Gasteiger partial charge in [-0.15, -0.1) is 0 Å². The Morgan fingerprint density at radius 3 is 2.35 bits per heavy atom. The van der Waals surface area contributed by atoms with Crippen molar-refractivity contribution in [2.45, 2.75) is 20.3 Å². The van der Waals surface area contributed by atoms with Gasteiger partial charge in [0.2, 0.25) is 0 Å². The van der Waals surface area contributed by atoms with Crippen molar-refractivity contribution in [3.63, 3.8) is 0 Å². The van der Waals surface area contributed by atoms with Crippen LogP contribution in [0.1, 0.15) is 16.7 Å². The number of aromatic nitrogens is 2. The maximum Gasteiger partial charge on any atom is 0.332 e. The van der Waals surface area contributed by atoms with E-state index < -0.39 is 23.6 Å². The standard InChI is InChI=1S/C14H14N2O4/c1-8-3-9(2)5-11(4-8)16-13(19)10(6-12(17)18)7-15-14(16)20/h3-5,7H,6H2,1-2H3,(H,15,20)(H,17,18). The lowest BCUT2D eigenvalue weighted by Crippen LogP contribution is -2.36. The van der Waals surface area contributed by atoms with Gasteiger partial charge in [-0.2, -0.15) is 0 Å². The molecular weight excluding hydrogens is 260 g/mol. The lowest BCUT2D eigenvalue weighted by atomic mass is 10.1. The molecule has 0 aliphatic rings. The summed E-state index contributed by atoms with van der Waals surface area (Å²) < 4.78 is 0.957. The highest BCUT2D eigenvalue weighted by atomic mass is 16.4.